The molecule has 3 unspecified atom stereocenters. The molecule has 0 aromatic carbocycles. The Morgan fingerprint density at radius 2 is 2.22 bits per heavy atom. The van der Waals surface area contributed by atoms with Crippen LogP contribution in [-0.4, -0.2) is 17.0 Å². The molecule has 0 radical (unpaired) electrons. The van der Waals surface area contributed by atoms with Crippen LogP contribution in [0.5, 0.6) is 0 Å². The summed E-state index contributed by atoms with van der Waals surface area (Å²) in [6.45, 7) is 0. The highest BCUT2D eigenvalue weighted by molar-refractivity contribution is 5.88. The molecule has 2 aliphatic carbocycles. The van der Waals surface area contributed by atoms with E-state index in [2.05, 4.69) is 0 Å². The number of hydrogen-bond donors (Lipinski definition) is 1. The molecule has 2 rings (SSSR count). The maximum absolute atomic E-state index is 11.0. The smallest absolute Gasteiger partial charge is 0.141 e. The van der Waals surface area contributed by atoms with E-state index in [0.717, 1.165) is 19.3 Å². The minimum absolute atomic E-state index is 0.0231. The third kappa shape index (κ3) is 0.568. The van der Waals surface area contributed by atoms with Gasteiger partial charge in [-0.15, -0.1) is 0 Å². The SMILES string of the molecule is O=C1C2CCC1C(O)C2. The van der Waals surface area contributed by atoms with Crippen molar-refractivity contribution < 1.29 is 9.90 Å². The Morgan fingerprint density at radius 3 is 2.44 bits per heavy atom. The van der Waals surface area contributed by atoms with E-state index in [1.165, 1.54) is 0 Å². The van der Waals surface area contributed by atoms with Gasteiger partial charge < -0.3 is 5.11 Å². The molecule has 0 aromatic rings. The molecule has 2 bridgehead atoms. The van der Waals surface area contributed by atoms with Crippen molar-refractivity contribution in [1.82, 2.24) is 0 Å². The van der Waals surface area contributed by atoms with Gasteiger partial charge in [-0.05, 0) is 19.3 Å². The Hall–Kier alpha value is -0.370. The zero-order valence-electron chi connectivity index (χ0n) is 5.21. The van der Waals surface area contributed by atoms with Gasteiger partial charge in [-0.25, -0.2) is 0 Å². The van der Waals surface area contributed by atoms with Gasteiger partial charge in [0.2, 0.25) is 0 Å². The van der Waals surface area contributed by atoms with Gasteiger partial charge in [-0.1, -0.05) is 0 Å². The van der Waals surface area contributed by atoms with Crippen LogP contribution in [0.4, 0.5) is 0 Å². The van der Waals surface area contributed by atoms with Crippen LogP contribution < -0.4 is 0 Å². The Bertz CT molecular complexity index is 153. The summed E-state index contributed by atoms with van der Waals surface area (Å²) < 4.78 is 0. The number of carbonyl (C=O) groups excluding carboxylic acids is 1. The molecule has 0 aromatic heterocycles. The van der Waals surface area contributed by atoms with Gasteiger partial charge in [0, 0.05) is 11.8 Å². The van der Waals surface area contributed by atoms with E-state index in [-0.39, 0.29) is 17.9 Å². The van der Waals surface area contributed by atoms with Crippen LogP contribution in [0.1, 0.15) is 19.3 Å². The fraction of sp³-hybridized carbons (Fsp3) is 0.857. The average Bonchev–Trinajstić information content (AvgIpc) is 2.25. The van der Waals surface area contributed by atoms with Crippen LogP contribution in [0.25, 0.3) is 0 Å². The number of fused-ring (bicyclic) bond motifs is 2. The molecule has 0 aliphatic heterocycles. The van der Waals surface area contributed by atoms with E-state index < -0.39 is 0 Å². The van der Waals surface area contributed by atoms with Gasteiger partial charge in [0.25, 0.3) is 0 Å². The summed E-state index contributed by atoms with van der Waals surface area (Å²) in [5, 5.41) is 9.17. The molecule has 50 valence electrons. The van der Waals surface area contributed by atoms with Crippen molar-refractivity contribution in [2.24, 2.45) is 11.8 Å². The van der Waals surface area contributed by atoms with E-state index in [1.54, 1.807) is 0 Å². The molecule has 0 saturated heterocycles. The number of rotatable bonds is 0. The molecule has 0 heterocycles. The average molecular weight is 126 g/mol. The number of aliphatic hydroxyl groups is 1. The lowest BCUT2D eigenvalue weighted by molar-refractivity contribution is -0.122. The summed E-state index contributed by atoms with van der Waals surface area (Å²) in [6, 6.07) is 0. The Balaban J connectivity index is 2.26. The molecular weight excluding hydrogens is 116 g/mol. The predicted octanol–water partition coefficient (Wildman–Crippen LogP) is 0.346. The van der Waals surface area contributed by atoms with E-state index in [0.29, 0.717) is 5.78 Å². The summed E-state index contributed by atoms with van der Waals surface area (Å²) in [5.41, 5.74) is 0. The van der Waals surface area contributed by atoms with Crippen molar-refractivity contribution in [3.8, 4) is 0 Å². The molecule has 0 amide bonds. The fourth-order valence-corrected chi connectivity index (χ4v) is 2.04. The highest BCUT2D eigenvalue weighted by atomic mass is 16.3. The van der Waals surface area contributed by atoms with Gasteiger partial charge in [-0.3, -0.25) is 4.79 Å². The summed E-state index contributed by atoms with van der Waals surface area (Å²) in [4.78, 5) is 11.0. The van der Waals surface area contributed by atoms with Crippen LogP contribution in [0.15, 0.2) is 0 Å². The van der Waals surface area contributed by atoms with Crippen molar-refractivity contribution in [2.45, 2.75) is 25.4 Å². The first-order chi connectivity index (χ1) is 4.29. The number of aliphatic hydroxyl groups excluding tert-OH is 1. The standard InChI is InChI=1S/C7H10O2/c8-6-3-4-1-2-5(6)7(4)9/h4-6,8H,1-3H2. The van der Waals surface area contributed by atoms with Gasteiger partial charge in [-0.2, -0.15) is 0 Å². The molecule has 9 heavy (non-hydrogen) atoms. The van der Waals surface area contributed by atoms with Gasteiger partial charge >= 0.3 is 0 Å². The second-order valence-corrected chi connectivity index (χ2v) is 3.09. The second kappa shape index (κ2) is 1.57. The third-order valence-electron chi connectivity index (χ3n) is 2.58. The lowest BCUT2D eigenvalue weighted by Gasteiger charge is -2.12. The van der Waals surface area contributed by atoms with E-state index >= 15 is 0 Å². The monoisotopic (exact) mass is 126 g/mol. The lowest BCUT2D eigenvalue weighted by atomic mass is 9.98. The zero-order chi connectivity index (χ0) is 6.43. The first kappa shape index (κ1) is 5.42. The fourth-order valence-electron chi connectivity index (χ4n) is 2.04. The number of hydrogen-bond acceptors (Lipinski definition) is 2. The molecule has 2 aliphatic rings. The molecule has 1 N–H and O–H groups in total. The first-order valence-corrected chi connectivity index (χ1v) is 3.51. The molecular formula is C7H10O2. The van der Waals surface area contributed by atoms with Gasteiger partial charge in [0.1, 0.15) is 5.78 Å². The largest absolute Gasteiger partial charge is 0.392 e. The van der Waals surface area contributed by atoms with Crippen LogP contribution in [-0.2, 0) is 4.79 Å². The third-order valence-corrected chi connectivity index (χ3v) is 2.58. The summed E-state index contributed by atoms with van der Waals surface area (Å²) in [5.74, 6) is 0.572. The Labute approximate surface area is 53.9 Å². The maximum Gasteiger partial charge on any atom is 0.141 e. The van der Waals surface area contributed by atoms with E-state index in [9.17, 15) is 4.79 Å². The molecule has 2 heteroatoms. The highest BCUT2D eigenvalue weighted by Crippen LogP contribution is 2.41. The molecule has 0 spiro atoms. The molecule has 2 fully saturated rings. The van der Waals surface area contributed by atoms with Crippen LogP contribution in [0, 0.1) is 11.8 Å². The molecule has 2 nitrogen and oxygen atoms in total. The maximum atomic E-state index is 11.0. The van der Waals surface area contributed by atoms with Gasteiger partial charge in [0.15, 0.2) is 0 Å². The van der Waals surface area contributed by atoms with Crippen molar-refractivity contribution in [2.75, 3.05) is 0 Å². The summed E-state index contributed by atoms with van der Waals surface area (Å²) in [7, 11) is 0. The first-order valence-electron chi connectivity index (χ1n) is 3.51. The summed E-state index contributed by atoms with van der Waals surface area (Å²) in [6.07, 6.45) is 2.41. The minimum Gasteiger partial charge on any atom is -0.392 e. The Morgan fingerprint density at radius 1 is 1.44 bits per heavy atom. The summed E-state index contributed by atoms with van der Waals surface area (Å²) >= 11 is 0. The normalized spacial score (nSPS) is 48.6. The van der Waals surface area contributed by atoms with Crippen LogP contribution in [0.3, 0.4) is 0 Å². The van der Waals surface area contributed by atoms with Crippen molar-refractivity contribution in [3.63, 3.8) is 0 Å². The van der Waals surface area contributed by atoms with Crippen molar-refractivity contribution in [3.05, 3.63) is 0 Å². The number of ketones is 1. The molecule has 3 atom stereocenters. The highest BCUT2D eigenvalue weighted by Gasteiger charge is 2.46. The Kier molecular flexibility index (Phi) is 0.943. The van der Waals surface area contributed by atoms with Crippen LogP contribution >= 0.6 is 0 Å². The topological polar surface area (TPSA) is 37.3 Å². The molecule has 2 saturated carbocycles. The van der Waals surface area contributed by atoms with Gasteiger partial charge in [0.05, 0.1) is 6.10 Å². The number of carbonyl (C=O) groups is 1. The quantitative estimate of drug-likeness (QED) is 0.508. The van der Waals surface area contributed by atoms with E-state index in [4.69, 9.17) is 5.11 Å². The van der Waals surface area contributed by atoms with Crippen molar-refractivity contribution >= 4 is 5.78 Å². The number of Topliss-reactive ketones (excluding diaryl/α,β-unsaturated/α-hetero) is 1. The minimum atomic E-state index is -0.295. The van der Waals surface area contributed by atoms with Crippen molar-refractivity contribution in [1.29, 1.82) is 0 Å². The second-order valence-electron chi connectivity index (χ2n) is 3.09. The van der Waals surface area contributed by atoms with E-state index in [1.807, 2.05) is 0 Å². The zero-order valence-corrected chi connectivity index (χ0v) is 5.21. The van der Waals surface area contributed by atoms with Crippen LogP contribution in [0.2, 0.25) is 0 Å². The lowest BCUT2D eigenvalue weighted by Crippen LogP contribution is -2.16. The predicted molar refractivity (Wildman–Crippen MR) is 31.8 cm³/mol.